The monoisotopic (exact) mass is 371 g/mol. The van der Waals surface area contributed by atoms with Gasteiger partial charge in [-0.1, -0.05) is 6.07 Å². The van der Waals surface area contributed by atoms with Crippen molar-refractivity contribution in [3.05, 3.63) is 52.5 Å². The van der Waals surface area contributed by atoms with Crippen molar-refractivity contribution >= 4 is 17.2 Å². The second-order valence-electron chi connectivity index (χ2n) is 7.35. The second kappa shape index (κ2) is 7.86. The summed E-state index contributed by atoms with van der Waals surface area (Å²) in [5, 5.41) is 15.6. The van der Waals surface area contributed by atoms with Crippen LogP contribution in [0.5, 0.6) is 0 Å². The van der Waals surface area contributed by atoms with E-state index in [9.17, 15) is 9.90 Å². The number of rotatable bonds is 5. The number of hydrogen-bond acceptors (Lipinski definition) is 5. The largest absolute Gasteiger partial charge is 0.393 e. The molecule has 0 radical (unpaired) electrons. The minimum Gasteiger partial charge on any atom is -0.393 e. The molecule has 2 aromatic heterocycles. The molecule has 5 nitrogen and oxygen atoms in total. The van der Waals surface area contributed by atoms with Crippen LogP contribution in [0.25, 0.3) is 0 Å². The lowest BCUT2D eigenvalue weighted by molar-refractivity contribution is 0.0202. The average molecular weight is 372 g/mol. The highest BCUT2D eigenvalue weighted by Crippen LogP contribution is 2.40. The van der Waals surface area contributed by atoms with E-state index in [0.29, 0.717) is 23.6 Å². The summed E-state index contributed by atoms with van der Waals surface area (Å²) >= 11 is 1.79. The first kappa shape index (κ1) is 17.6. The van der Waals surface area contributed by atoms with E-state index in [1.807, 2.05) is 11.0 Å². The molecule has 26 heavy (non-hydrogen) atoms. The fraction of sp³-hybridized carbons (Fsp3) is 0.500. The number of nitrogens with one attached hydrogen (secondary N) is 1. The van der Waals surface area contributed by atoms with E-state index < -0.39 is 0 Å². The van der Waals surface area contributed by atoms with Gasteiger partial charge >= 0.3 is 0 Å². The van der Waals surface area contributed by atoms with Crippen molar-refractivity contribution in [3.8, 4) is 0 Å². The summed E-state index contributed by atoms with van der Waals surface area (Å²) in [6.45, 7) is 1.55. The van der Waals surface area contributed by atoms with Crippen molar-refractivity contribution in [2.24, 2.45) is 5.92 Å². The van der Waals surface area contributed by atoms with Crippen LogP contribution in [0.1, 0.15) is 47.0 Å². The van der Waals surface area contributed by atoms with Crippen LogP contribution in [0, 0.1) is 5.92 Å². The molecule has 3 heterocycles. The molecule has 2 aromatic rings. The van der Waals surface area contributed by atoms with Crippen LogP contribution in [0.15, 0.2) is 42.0 Å². The maximum atomic E-state index is 12.6. The van der Waals surface area contributed by atoms with Gasteiger partial charge in [-0.2, -0.15) is 0 Å². The standard InChI is InChI=1S/C20H25N3O2S/c24-17-11-15(12-17)19(18-4-2-10-26-18)22-16-5-8-23(9-6-16)20(25)14-3-1-7-21-13-14/h1-4,7,10,13,15-17,19,22,24H,5-6,8-9,11-12H2. The van der Waals surface area contributed by atoms with Gasteiger partial charge in [0.1, 0.15) is 0 Å². The molecule has 1 unspecified atom stereocenters. The summed E-state index contributed by atoms with van der Waals surface area (Å²) in [5.41, 5.74) is 0.666. The second-order valence-corrected chi connectivity index (χ2v) is 8.33. The molecule has 2 fully saturated rings. The van der Waals surface area contributed by atoms with E-state index in [2.05, 4.69) is 27.8 Å². The smallest absolute Gasteiger partial charge is 0.255 e. The van der Waals surface area contributed by atoms with Crippen LogP contribution in [0.4, 0.5) is 0 Å². The number of amides is 1. The molecule has 0 bridgehead atoms. The van der Waals surface area contributed by atoms with Gasteiger partial charge in [0.05, 0.1) is 11.7 Å². The van der Waals surface area contributed by atoms with Gasteiger partial charge in [-0.15, -0.1) is 11.3 Å². The van der Waals surface area contributed by atoms with Gasteiger partial charge in [0.15, 0.2) is 0 Å². The third-order valence-corrected chi connectivity index (χ3v) is 6.53. The Kier molecular flexibility index (Phi) is 5.33. The molecule has 4 rings (SSSR count). The summed E-state index contributed by atoms with van der Waals surface area (Å²) in [7, 11) is 0. The van der Waals surface area contributed by atoms with Gasteiger partial charge < -0.3 is 15.3 Å². The number of nitrogens with zero attached hydrogens (tertiary/aromatic N) is 2. The van der Waals surface area contributed by atoms with E-state index in [-0.39, 0.29) is 12.0 Å². The van der Waals surface area contributed by atoms with Crippen molar-refractivity contribution in [2.45, 2.75) is 43.9 Å². The van der Waals surface area contributed by atoms with Crippen LogP contribution in [-0.2, 0) is 0 Å². The lowest BCUT2D eigenvalue weighted by Crippen LogP contribution is -2.48. The molecular weight excluding hydrogens is 346 g/mol. The van der Waals surface area contributed by atoms with Gasteiger partial charge in [0.2, 0.25) is 0 Å². The third-order valence-electron chi connectivity index (χ3n) is 5.58. The summed E-state index contributed by atoms with van der Waals surface area (Å²) in [4.78, 5) is 19.9. The van der Waals surface area contributed by atoms with E-state index in [0.717, 1.165) is 38.8 Å². The Balaban J connectivity index is 1.34. The molecule has 1 atom stereocenters. The van der Waals surface area contributed by atoms with Crippen LogP contribution >= 0.6 is 11.3 Å². The highest BCUT2D eigenvalue weighted by Gasteiger charge is 2.36. The summed E-state index contributed by atoms with van der Waals surface area (Å²) in [6.07, 6.45) is 6.88. The number of thiophene rings is 1. The Bertz CT molecular complexity index is 708. The van der Waals surface area contributed by atoms with Crippen molar-refractivity contribution in [1.29, 1.82) is 0 Å². The number of carbonyl (C=O) groups excluding carboxylic acids is 1. The molecule has 1 amide bonds. The highest BCUT2D eigenvalue weighted by atomic mass is 32.1. The maximum absolute atomic E-state index is 12.6. The average Bonchev–Trinajstić information content (AvgIpc) is 3.19. The number of piperidine rings is 1. The SMILES string of the molecule is O=C(c1cccnc1)N1CCC(NC(c2cccs2)C2CC(O)C2)CC1. The molecule has 6 heteroatoms. The first-order valence-electron chi connectivity index (χ1n) is 9.37. The first-order valence-corrected chi connectivity index (χ1v) is 10.3. The summed E-state index contributed by atoms with van der Waals surface area (Å²) in [6, 6.07) is 8.66. The molecule has 138 valence electrons. The number of carbonyl (C=O) groups is 1. The quantitative estimate of drug-likeness (QED) is 0.848. The van der Waals surface area contributed by atoms with Gasteiger partial charge in [-0.05, 0) is 55.2 Å². The summed E-state index contributed by atoms with van der Waals surface area (Å²) < 4.78 is 0. The number of aliphatic hydroxyl groups excluding tert-OH is 1. The van der Waals surface area contributed by atoms with Crippen molar-refractivity contribution in [2.75, 3.05) is 13.1 Å². The van der Waals surface area contributed by atoms with Crippen LogP contribution < -0.4 is 5.32 Å². The predicted octanol–water partition coefficient (Wildman–Crippen LogP) is 2.85. The number of aliphatic hydroxyl groups is 1. The molecule has 0 aromatic carbocycles. The fourth-order valence-corrected chi connectivity index (χ4v) is 4.87. The van der Waals surface area contributed by atoms with Gasteiger partial charge in [0.25, 0.3) is 5.91 Å². The zero-order chi connectivity index (χ0) is 17.9. The fourth-order valence-electron chi connectivity index (χ4n) is 4.00. The van der Waals surface area contributed by atoms with Crippen molar-refractivity contribution in [1.82, 2.24) is 15.2 Å². The lowest BCUT2D eigenvalue weighted by atomic mass is 9.76. The molecule has 1 aliphatic heterocycles. The lowest BCUT2D eigenvalue weighted by Gasteiger charge is -2.41. The predicted molar refractivity (Wildman–Crippen MR) is 102 cm³/mol. The minimum atomic E-state index is -0.136. The minimum absolute atomic E-state index is 0.0773. The van der Waals surface area contributed by atoms with Crippen LogP contribution in [0.3, 0.4) is 0 Å². The molecular formula is C20H25N3O2S. The van der Waals surface area contributed by atoms with Crippen molar-refractivity contribution in [3.63, 3.8) is 0 Å². The first-order chi connectivity index (χ1) is 12.7. The molecule has 2 N–H and O–H groups in total. The zero-order valence-corrected chi connectivity index (χ0v) is 15.6. The molecule has 2 aliphatic rings. The van der Waals surface area contributed by atoms with Crippen LogP contribution in [-0.4, -0.2) is 46.1 Å². The van der Waals surface area contributed by atoms with E-state index in [1.165, 1.54) is 4.88 Å². The number of aromatic nitrogens is 1. The molecule has 1 saturated carbocycles. The number of likely N-dealkylation sites (tertiary alicyclic amines) is 1. The van der Waals surface area contributed by atoms with E-state index in [1.54, 1.807) is 29.8 Å². The van der Waals surface area contributed by atoms with E-state index in [4.69, 9.17) is 0 Å². The van der Waals surface area contributed by atoms with Crippen molar-refractivity contribution < 1.29 is 9.90 Å². The van der Waals surface area contributed by atoms with Gasteiger partial charge in [0, 0.05) is 42.4 Å². The third kappa shape index (κ3) is 3.82. The van der Waals surface area contributed by atoms with E-state index >= 15 is 0 Å². The molecule has 1 aliphatic carbocycles. The Labute approximate surface area is 158 Å². The maximum Gasteiger partial charge on any atom is 0.255 e. The Hall–Kier alpha value is -1.76. The highest BCUT2D eigenvalue weighted by molar-refractivity contribution is 7.10. The molecule has 0 spiro atoms. The Morgan fingerprint density at radius 2 is 2.08 bits per heavy atom. The number of hydrogen-bond donors (Lipinski definition) is 2. The topological polar surface area (TPSA) is 65.5 Å². The van der Waals surface area contributed by atoms with Gasteiger partial charge in [-0.3, -0.25) is 9.78 Å². The van der Waals surface area contributed by atoms with Gasteiger partial charge in [-0.25, -0.2) is 0 Å². The normalized spacial score (nSPS) is 24.9. The number of pyridine rings is 1. The summed E-state index contributed by atoms with van der Waals surface area (Å²) in [5.74, 6) is 0.590. The Morgan fingerprint density at radius 3 is 2.69 bits per heavy atom. The molecule has 1 saturated heterocycles. The zero-order valence-electron chi connectivity index (χ0n) is 14.8. The van der Waals surface area contributed by atoms with Crippen LogP contribution in [0.2, 0.25) is 0 Å². The Morgan fingerprint density at radius 1 is 1.27 bits per heavy atom.